The lowest BCUT2D eigenvalue weighted by atomic mass is 10.2. The summed E-state index contributed by atoms with van der Waals surface area (Å²) in [4.78, 5) is 20.2. The van der Waals surface area contributed by atoms with E-state index in [0.29, 0.717) is 5.56 Å². The van der Waals surface area contributed by atoms with E-state index in [2.05, 4.69) is 5.10 Å². The highest BCUT2D eigenvalue weighted by molar-refractivity contribution is 6.33. The monoisotopic (exact) mass is 242 g/mol. The Balaban J connectivity index is 2.94. The Morgan fingerprint density at radius 2 is 2.31 bits per heavy atom. The lowest BCUT2D eigenvalue weighted by Crippen LogP contribution is -2.24. The summed E-state index contributed by atoms with van der Waals surface area (Å²) in [5.74, 6) is 0. The molecule has 1 aromatic carbocycles. The molecule has 1 rings (SSSR count). The summed E-state index contributed by atoms with van der Waals surface area (Å²) >= 11 is 5.76. The quantitative estimate of drug-likeness (QED) is 0.473. The number of halogens is 1. The molecule has 0 atom stereocenters. The first-order valence-corrected chi connectivity index (χ1v) is 4.41. The Bertz CT molecular complexity index is 461. The Labute approximate surface area is 95.0 Å². The van der Waals surface area contributed by atoms with E-state index in [4.69, 9.17) is 17.3 Å². The van der Waals surface area contributed by atoms with E-state index in [1.54, 1.807) is 0 Å². The van der Waals surface area contributed by atoms with Gasteiger partial charge in [0.05, 0.1) is 11.1 Å². The number of benzene rings is 1. The van der Waals surface area contributed by atoms with Gasteiger partial charge in [-0.3, -0.25) is 10.1 Å². The molecule has 1 aromatic rings. The largest absolute Gasteiger partial charge is 0.350 e. The third-order valence-corrected chi connectivity index (χ3v) is 1.91. The van der Waals surface area contributed by atoms with Gasteiger partial charge in [-0.2, -0.15) is 5.10 Å². The van der Waals surface area contributed by atoms with E-state index >= 15 is 0 Å². The number of carbonyl (C=O) groups excluding carboxylic acids is 1. The molecule has 0 aromatic heterocycles. The summed E-state index contributed by atoms with van der Waals surface area (Å²) in [7, 11) is 0. The molecule has 7 nitrogen and oxygen atoms in total. The maximum atomic E-state index is 10.5. The van der Waals surface area contributed by atoms with E-state index in [-0.39, 0.29) is 10.7 Å². The van der Waals surface area contributed by atoms with Crippen LogP contribution in [-0.2, 0) is 0 Å². The number of nitro groups is 1. The molecule has 0 radical (unpaired) electrons. The number of nitrogens with zero attached hydrogens (tertiary/aromatic N) is 2. The van der Waals surface area contributed by atoms with Crippen molar-refractivity contribution in [3.8, 4) is 0 Å². The number of amides is 2. The molecule has 0 unspecified atom stereocenters. The number of hydrogen-bond donors (Lipinski definition) is 2. The van der Waals surface area contributed by atoms with Gasteiger partial charge in [-0.15, -0.1) is 0 Å². The first-order valence-electron chi connectivity index (χ1n) is 4.03. The summed E-state index contributed by atoms with van der Waals surface area (Å²) in [6.45, 7) is 0. The number of carbonyl (C=O) groups is 1. The van der Waals surface area contributed by atoms with Gasteiger partial charge in [-0.1, -0.05) is 11.6 Å². The second-order valence-electron chi connectivity index (χ2n) is 2.70. The number of primary amides is 1. The molecule has 0 spiro atoms. The molecule has 16 heavy (non-hydrogen) atoms. The average Bonchev–Trinajstić information content (AvgIpc) is 2.20. The van der Waals surface area contributed by atoms with Gasteiger partial charge in [0, 0.05) is 22.7 Å². The van der Waals surface area contributed by atoms with Gasteiger partial charge in [0.2, 0.25) is 0 Å². The Morgan fingerprint density at radius 3 is 2.88 bits per heavy atom. The Kier molecular flexibility index (Phi) is 3.78. The first-order chi connectivity index (χ1) is 7.50. The van der Waals surface area contributed by atoms with Crippen LogP contribution in [0, 0.1) is 10.1 Å². The summed E-state index contributed by atoms with van der Waals surface area (Å²) in [5.41, 5.74) is 6.91. The molecule has 2 amide bonds. The minimum Gasteiger partial charge on any atom is -0.350 e. The second kappa shape index (κ2) is 5.08. The topological polar surface area (TPSA) is 111 Å². The number of non-ortho nitro benzene ring substituents is 1. The fourth-order valence-corrected chi connectivity index (χ4v) is 1.08. The van der Waals surface area contributed by atoms with Crippen LogP contribution < -0.4 is 11.2 Å². The first kappa shape index (κ1) is 11.9. The highest BCUT2D eigenvalue weighted by atomic mass is 35.5. The van der Waals surface area contributed by atoms with Crippen molar-refractivity contribution in [3.05, 3.63) is 38.9 Å². The predicted octanol–water partition coefficient (Wildman–Crippen LogP) is 1.25. The Hall–Kier alpha value is -2.15. The van der Waals surface area contributed by atoms with Gasteiger partial charge in [0.1, 0.15) is 0 Å². The molecule has 0 aliphatic rings. The highest BCUT2D eigenvalue weighted by Gasteiger charge is 2.07. The van der Waals surface area contributed by atoms with Crippen LogP contribution >= 0.6 is 11.6 Å². The van der Waals surface area contributed by atoms with E-state index in [9.17, 15) is 14.9 Å². The van der Waals surface area contributed by atoms with Crippen molar-refractivity contribution in [1.29, 1.82) is 0 Å². The molecule has 0 saturated heterocycles. The number of rotatable bonds is 3. The molecular formula is C8H7ClN4O3. The molecule has 3 N–H and O–H groups in total. The molecular weight excluding hydrogens is 236 g/mol. The SMILES string of the molecule is NC(=O)N/N=C\c1cc([N+](=O)[O-])ccc1Cl. The lowest BCUT2D eigenvalue weighted by molar-refractivity contribution is -0.384. The van der Waals surface area contributed by atoms with Crippen LogP contribution in [0.3, 0.4) is 0 Å². The van der Waals surface area contributed by atoms with Crippen molar-refractivity contribution in [1.82, 2.24) is 5.43 Å². The van der Waals surface area contributed by atoms with Gasteiger partial charge in [0.25, 0.3) is 5.69 Å². The van der Waals surface area contributed by atoms with Gasteiger partial charge >= 0.3 is 6.03 Å². The van der Waals surface area contributed by atoms with Crippen molar-refractivity contribution in [2.24, 2.45) is 10.8 Å². The summed E-state index contributed by atoms with van der Waals surface area (Å²) in [5, 5.41) is 14.2. The van der Waals surface area contributed by atoms with Crippen LogP contribution in [0.2, 0.25) is 5.02 Å². The zero-order valence-corrected chi connectivity index (χ0v) is 8.64. The molecule has 0 fully saturated rings. The number of nitro benzene ring substituents is 1. The van der Waals surface area contributed by atoms with E-state index in [0.717, 1.165) is 0 Å². The molecule has 0 bridgehead atoms. The van der Waals surface area contributed by atoms with E-state index < -0.39 is 11.0 Å². The van der Waals surface area contributed by atoms with Crippen LogP contribution in [0.15, 0.2) is 23.3 Å². The zero-order chi connectivity index (χ0) is 12.1. The smallest absolute Gasteiger partial charge is 0.332 e. The number of hydrazone groups is 1. The molecule has 0 aliphatic heterocycles. The number of hydrogen-bond acceptors (Lipinski definition) is 4. The third-order valence-electron chi connectivity index (χ3n) is 1.57. The molecule has 8 heteroatoms. The van der Waals surface area contributed by atoms with Crippen LogP contribution in [0.1, 0.15) is 5.56 Å². The van der Waals surface area contributed by atoms with E-state index in [1.807, 2.05) is 5.43 Å². The minimum absolute atomic E-state index is 0.120. The van der Waals surface area contributed by atoms with E-state index in [1.165, 1.54) is 24.4 Å². The standard InChI is InChI=1S/C8H7ClN4O3/c9-7-2-1-6(13(15)16)3-5(7)4-11-12-8(10)14/h1-4H,(H3,10,12,14)/b11-4-. The van der Waals surface area contributed by atoms with Crippen molar-refractivity contribution in [3.63, 3.8) is 0 Å². The summed E-state index contributed by atoms with van der Waals surface area (Å²) in [6.07, 6.45) is 1.17. The summed E-state index contributed by atoms with van der Waals surface area (Å²) < 4.78 is 0. The molecule has 0 saturated carbocycles. The fourth-order valence-electron chi connectivity index (χ4n) is 0.909. The third kappa shape index (κ3) is 3.21. The molecule has 84 valence electrons. The average molecular weight is 243 g/mol. The van der Waals surface area contributed by atoms with Gasteiger partial charge in [-0.05, 0) is 6.07 Å². The maximum Gasteiger partial charge on any atom is 0.332 e. The van der Waals surface area contributed by atoms with Crippen LogP contribution in [-0.4, -0.2) is 17.2 Å². The van der Waals surface area contributed by atoms with Gasteiger partial charge in [-0.25, -0.2) is 10.2 Å². The number of urea groups is 1. The van der Waals surface area contributed by atoms with Crippen LogP contribution in [0.4, 0.5) is 10.5 Å². The predicted molar refractivity (Wildman–Crippen MR) is 58.4 cm³/mol. The minimum atomic E-state index is -0.835. The fraction of sp³-hybridized carbons (Fsp3) is 0. The normalized spacial score (nSPS) is 10.3. The van der Waals surface area contributed by atoms with Crippen molar-refractivity contribution >= 4 is 29.5 Å². The number of nitrogens with two attached hydrogens (primary N) is 1. The number of nitrogens with one attached hydrogen (secondary N) is 1. The van der Waals surface area contributed by atoms with Crippen molar-refractivity contribution in [2.45, 2.75) is 0 Å². The summed E-state index contributed by atoms with van der Waals surface area (Å²) in [6, 6.07) is 3.03. The maximum absolute atomic E-state index is 10.5. The zero-order valence-electron chi connectivity index (χ0n) is 7.88. The van der Waals surface area contributed by atoms with Gasteiger partial charge in [0.15, 0.2) is 0 Å². The van der Waals surface area contributed by atoms with Crippen LogP contribution in [0.25, 0.3) is 0 Å². The second-order valence-corrected chi connectivity index (χ2v) is 3.10. The highest BCUT2D eigenvalue weighted by Crippen LogP contribution is 2.20. The van der Waals surface area contributed by atoms with Gasteiger partial charge < -0.3 is 5.73 Å². The Morgan fingerprint density at radius 1 is 1.62 bits per heavy atom. The lowest BCUT2D eigenvalue weighted by Gasteiger charge is -1.97. The van der Waals surface area contributed by atoms with Crippen molar-refractivity contribution < 1.29 is 9.72 Å². The molecule has 0 aliphatic carbocycles. The molecule has 0 heterocycles. The van der Waals surface area contributed by atoms with Crippen LogP contribution in [0.5, 0.6) is 0 Å². The van der Waals surface area contributed by atoms with Crippen molar-refractivity contribution in [2.75, 3.05) is 0 Å².